The Hall–Kier alpha value is -3.16. The number of cyclic esters (lactones) is 1. The molecule has 0 N–H and O–H groups in total. The molecule has 2 amide bonds. The van der Waals surface area contributed by atoms with Crippen molar-refractivity contribution in [2.24, 2.45) is 0 Å². The number of hydrogen-bond donors (Lipinski definition) is 0. The Morgan fingerprint density at radius 1 is 1.10 bits per heavy atom. The van der Waals surface area contributed by atoms with Crippen LogP contribution in [0.25, 0.3) is 0 Å². The summed E-state index contributed by atoms with van der Waals surface area (Å²) in [6.45, 7) is 7.17. The van der Waals surface area contributed by atoms with E-state index in [0.717, 1.165) is 18.9 Å². The third kappa shape index (κ3) is 3.82. The lowest BCUT2D eigenvalue weighted by Gasteiger charge is -2.36. The predicted molar refractivity (Wildman–Crippen MR) is 117 cm³/mol. The smallest absolute Gasteiger partial charge is 0.415 e. The van der Waals surface area contributed by atoms with E-state index in [1.54, 1.807) is 18.3 Å². The quantitative estimate of drug-likeness (QED) is 0.755. The van der Waals surface area contributed by atoms with Gasteiger partial charge in [-0.15, -0.1) is 0 Å². The molecule has 2 aromatic rings. The second-order valence-electron chi connectivity index (χ2n) is 8.66. The van der Waals surface area contributed by atoms with E-state index in [1.165, 1.54) is 28.9 Å². The number of carbonyl (C=O) groups excluding carboxylic acids is 2. The van der Waals surface area contributed by atoms with Crippen LogP contribution >= 0.6 is 0 Å². The lowest BCUT2D eigenvalue weighted by molar-refractivity contribution is 0.0746. The number of amides is 2. The molecule has 0 spiro atoms. The molecular formula is C23H27N5O3. The Morgan fingerprint density at radius 2 is 1.87 bits per heavy atom. The summed E-state index contributed by atoms with van der Waals surface area (Å²) >= 11 is 0. The predicted octanol–water partition coefficient (Wildman–Crippen LogP) is 2.97. The minimum absolute atomic E-state index is 0.0375. The monoisotopic (exact) mass is 421 g/mol. The van der Waals surface area contributed by atoms with E-state index in [2.05, 4.69) is 22.9 Å². The first-order valence-electron chi connectivity index (χ1n) is 10.9. The first-order valence-corrected chi connectivity index (χ1v) is 10.9. The molecule has 0 radical (unpaired) electrons. The van der Waals surface area contributed by atoms with Crippen LogP contribution in [0.4, 0.5) is 16.4 Å². The summed E-state index contributed by atoms with van der Waals surface area (Å²) in [5, 5.41) is 0. The normalized spacial score (nSPS) is 21.4. The second-order valence-corrected chi connectivity index (χ2v) is 8.66. The van der Waals surface area contributed by atoms with Gasteiger partial charge in [0, 0.05) is 38.6 Å². The number of rotatable bonds is 4. The van der Waals surface area contributed by atoms with Crippen molar-refractivity contribution >= 4 is 23.6 Å². The molecule has 2 saturated heterocycles. The van der Waals surface area contributed by atoms with Gasteiger partial charge in [-0.05, 0) is 55.9 Å². The lowest BCUT2D eigenvalue weighted by atomic mass is 10.1. The van der Waals surface area contributed by atoms with Crippen molar-refractivity contribution in [2.45, 2.75) is 38.6 Å². The van der Waals surface area contributed by atoms with Gasteiger partial charge in [0.25, 0.3) is 5.91 Å². The second kappa shape index (κ2) is 7.83. The number of nitrogens with zero attached hydrogens (tertiary/aromatic N) is 5. The zero-order valence-electron chi connectivity index (χ0n) is 18.0. The van der Waals surface area contributed by atoms with Crippen LogP contribution in [-0.2, 0) is 4.74 Å². The minimum Gasteiger partial charge on any atom is -0.447 e. The Balaban J connectivity index is 1.21. The molecule has 2 aliphatic heterocycles. The van der Waals surface area contributed by atoms with Crippen molar-refractivity contribution in [3.05, 3.63) is 47.3 Å². The molecule has 5 rings (SSSR count). The van der Waals surface area contributed by atoms with Gasteiger partial charge in [0.15, 0.2) is 0 Å². The van der Waals surface area contributed by atoms with Gasteiger partial charge in [0.2, 0.25) is 0 Å². The van der Waals surface area contributed by atoms with Gasteiger partial charge >= 0.3 is 6.09 Å². The average molecular weight is 422 g/mol. The summed E-state index contributed by atoms with van der Waals surface area (Å²) in [7, 11) is 0. The van der Waals surface area contributed by atoms with Crippen LogP contribution in [0.5, 0.6) is 0 Å². The maximum atomic E-state index is 12.9. The Bertz CT molecular complexity index is 997. The Morgan fingerprint density at radius 3 is 2.45 bits per heavy atom. The summed E-state index contributed by atoms with van der Waals surface area (Å²) in [6, 6.07) is 5.64. The molecule has 1 aliphatic carbocycles. The van der Waals surface area contributed by atoms with Crippen molar-refractivity contribution in [2.75, 3.05) is 42.6 Å². The molecule has 3 fully saturated rings. The summed E-state index contributed by atoms with van der Waals surface area (Å²) in [5.41, 5.74) is 3.08. The van der Waals surface area contributed by atoms with E-state index in [4.69, 9.17) is 9.72 Å². The van der Waals surface area contributed by atoms with Gasteiger partial charge in [0.05, 0.1) is 11.6 Å². The van der Waals surface area contributed by atoms with Crippen LogP contribution in [0, 0.1) is 6.92 Å². The van der Waals surface area contributed by atoms with Gasteiger partial charge in [-0.3, -0.25) is 9.69 Å². The number of aromatic nitrogens is 2. The fraction of sp³-hybridized carbons (Fsp3) is 0.478. The molecule has 8 heteroatoms. The molecule has 0 unspecified atom stereocenters. The largest absolute Gasteiger partial charge is 0.447 e. The highest BCUT2D eigenvalue weighted by Crippen LogP contribution is 2.40. The Kier molecular flexibility index (Phi) is 5.00. The third-order valence-corrected chi connectivity index (χ3v) is 6.31. The highest BCUT2D eigenvalue weighted by Gasteiger charge is 2.32. The number of pyridine rings is 2. The first-order chi connectivity index (χ1) is 15.0. The van der Waals surface area contributed by atoms with Crippen molar-refractivity contribution < 1.29 is 14.3 Å². The maximum absolute atomic E-state index is 12.9. The lowest BCUT2D eigenvalue weighted by Crippen LogP contribution is -2.49. The molecule has 0 bridgehead atoms. The summed E-state index contributed by atoms with van der Waals surface area (Å²) in [6.07, 6.45) is 5.72. The van der Waals surface area contributed by atoms with Crippen LogP contribution in [0.1, 0.15) is 47.2 Å². The number of piperazine rings is 1. The van der Waals surface area contributed by atoms with Crippen molar-refractivity contribution in [1.82, 2.24) is 14.9 Å². The maximum Gasteiger partial charge on any atom is 0.415 e. The summed E-state index contributed by atoms with van der Waals surface area (Å²) < 4.78 is 5.04. The molecule has 2 aromatic heterocycles. The zero-order chi connectivity index (χ0) is 21.5. The summed E-state index contributed by atoms with van der Waals surface area (Å²) in [4.78, 5) is 39.5. The first kappa shape index (κ1) is 19.8. The number of aryl methyl sites for hydroxylation is 1. The van der Waals surface area contributed by atoms with Crippen LogP contribution < -0.4 is 9.80 Å². The van der Waals surface area contributed by atoms with Gasteiger partial charge in [-0.2, -0.15) is 0 Å². The topological polar surface area (TPSA) is 78.9 Å². The minimum atomic E-state index is -0.399. The van der Waals surface area contributed by atoms with Crippen molar-refractivity contribution in [3.63, 3.8) is 0 Å². The third-order valence-electron chi connectivity index (χ3n) is 6.31. The van der Waals surface area contributed by atoms with E-state index in [1.807, 2.05) is 18.0 Å². The van der Waals surface area contributed by atoms with Crippen molar-refractivity contribution in [1.29, 1.82) is 0 Å². The number of hydrogen-bond acceptors (Lipinski definition) is 6. The van der Waals surface area contributed by atoms with Crippen LogP contribution in [0.3, 0.4) is 0 Å². The summed E-state index contributed by atoms with van der Waals surface area (Å²) in [5.74, 6) is 2.19. The van der Waals surface area contributed by atoms with Gasteiger partial charge in [-0.1, -0.05) is 6.07 Å². The molecule has 0 aromatic carbocycles. The molecule has 162 valence electrons. The van der Waals surface area contributed by atoms with Crippen LogP contribution in [-0.4, -0.2) is 65.7 Å². The fourth-order valence-corrected chi connectivity index (χ4v) is 4.35. The van der Waals surface area contributed by atoms with Crippen LogP contribution in [0.15, 0.2) is 30.6 Å². The number of carbonyl (C=O) groups is 2. The van der Waals surface area contributed by atoms with E-state index < -0.39 is 6.09 Å². The highest BCUT2D eigenvalue weighted by atomic mass is 16.6. The average Bonchev–Trinajstić information content (AvgIpc) is 3.58. The van der Waals surface area contributed by atoms with Crippen molar-refractivity contribution in [3.8, 4) is 0 Å². The highest BCUT2D eigenvalue weighted by molar-refractivity contribution is 5.95. The van der Waals surface area contributed by atoms with Gasteiger partial charge in [0.1, 0.15) is 18.2 Å². The molecule has 31 heavy (non-hydrogen) atoms. The molecule has 1 atom stereocenters. The standard InChI is InChI=1S/C23H27N5O3/c1-15-11-19(17-3-4-17)13-25-21(15)26-7-9-27(10-8-26)22(29)18-5-6-20(24-12-18)28-16(2)14-31-23(28)30/h5-6,11-13,16-17H,3-4,7-10,14H2,1-2H3/t16-/m1/s1. The molecule has 8 nitrogen and oxygen atoms in total. The van der Waals surface area contributed by atoms with Gasteiger partial charge in [-0.25, -0.2) is 14.8 Å². The number of ether oxygens (including phenoxy) is 1. The molecule has 4 heterocycles. The fourth-order valence-electron chi connectivity index (χ4n) is 4.35. The zero-order valence-corrected chi connectivity index (χ0v) is 18.0. The van der Waals surface area contributed by atoms with E-state index in [0.29, 0.717) is 37.0 Å². The molecular weight excluding hydrogens is 394 g/mol. The Labute approximate surface area is 181 Å². The SMILES string of the molecule is Cc1cc(C2CC2)cnc1N1CCN(C(=O)c2ccc(N3C(=O)OC[C@H]3C)nc2)CC1. The van der Waals surface area contributed by atoms with E-state index in [-0.39, 0.29) is 11.9 Å². The number of anilines is 2. The molecule has 1 saturated carbocycles. The van der Waals surface area contributed by atoms with Gasteiger partial charge < -0.3 is 14.5 Å². The van der Waals surface area contributed by atoms with E-state index in [9.17, 15) is 9.59 Å². The van der Waals surface area contributed by atoms with Crippen LogP contribution in [0.2, 0.25) is 0 Å². The van der Waals surface area contributed by atoms with E-state index >= 15 is 0 Å². The molecule has 3 aliphatic rings.